The number of ether oxygens (including phenoxy) is 1. The first kappa shape index (κ1) is 24.9. The Morgan fingerprint density at radius 2 is 1.58 bits per heavy atom. The average molecular weight is 437 g/mol. The first-order valence-corrected chi connectivity index (χ1v) is 13.9. The van der Waals surface area contributed by atoms with Gasteiger partial charge in [-0.2, -0.15) is 0 Å². The Kier molecular flexibility index (Phi) is 8.28. The van der Waals surface area contributed by atoms with Crippen molar-refractivity contribution in [3.05, 3.63) is 70.3 Å². The van der Waals surface area contributed by atoms with Crippen LogP contribution in [-0.2, 0) is 15.8 Å². The highest BCUT2D eigenvalue weighted by atomic mass is 28.4. The van der Waals surface area contributed by atoms with E-state index < -0.39 is 8.32 Å². The summed E-state index contributed by atoms with van der Waals surface area (Å²) in [7, 11) is -1.80. The minimum atomic E-state index is -1.80. The second-order valence-electron chi connectivity index (χ2n) is 9.67. The summed E-state index contributed by atoms with van der Waals surface area (Å²) in [6.07, 6.45) is 0. The summed E-state index contributed by atoms with van der Waals surface area (Å²) >= 11 is 0. The van der Waals surface area contributed by atoms with Crippen LogP contribution in [0.3, 0.4) is 0 Å². The van der Waals surface area contributed by atoms with Crippen molar-refractivity contribution < 1.29 is 14.0 Å². The third-order valence-electron chi connectivity index (χ3n) is 5.91. The third kappa shape index (κ3) is 6.82. The highest BCUT2D eigenvalue weighted by Crippen LogP contribution is 2.37. The molecule has 31 heavy (non-hydrogen) atoms. The van der Waals surface area contributed by atoms with Gasteiger partial charge < -0.3 is 9.16 Å². The van der Waals surface area contributed by atoms with Crippen LogP contribution in [0, 0.1) is 11.8 Å². The van der Waals surface area contributed by atoms with Gasteiger partial charge in [0.2, 0.25) is 0 Å². The number of esters is 1. The molecule has 4 heteroatoms. The molecule has 0 fully saturated rings. The van der Waals surface area contributed by atoms with Crippen molar-refractivity contribution in [1.82, 2.24) is 0 Å². The molecule has 0 spiro atoms. The zero-order valence-corrected chi connectivity index (χ0v) is 21.3. The van der Waals surface area contributed by atoms with Crippen LogP contribution in [0.15, 0.2) is 42.5 Å². The fraction of sp³-hybridized carbons (Fsp3) is 0.444. The van der Waals surface area contributed by atoms with Gasteiger partial charge in [0, 0.05) is 11.1 Å². The zero-order chi connectivity index (χ0) is 23.2. The second kappa shape index (κ2) is 10.3. The number of carbonyl (C=O) groups is 1. The van der Waals surface area contributed by atoms with E-state index in [9.17, 15) is 4.79 Å². The second-order valence-corrected chi connectivity index (χ2v) is 14.5. The monoisotopic (exact) mass is 436 g/mol. The summed E-state index contributed by atoms with van der Waals surface area (Å²) in [4.78, 5) is 11.8. The van der Waals surface area contributed by atoms with E-state index in [1.165, 1.54) is 11.1 Å². The molecule has 0 unspecified atom stereocenters. The Morgan fingerprint density at radius 3 is 2.13 bits per heavy atom. The predicted octanol–water partition coefficient (Wildman–Crippen LogP) is 6.91. The molecule has 0 N–H and O–H groups in total. The SMILES string of the molecule is CCOC(=O)c1ccc(C#Cc2ccc(CO[Si](C)(C)C(C)(C)C)c(C(C)C)c2)cc1. The Hall–Kier alpha value is -2.35. The van der Waals surface area contributed by atoms with E-state index in [0.29, 0.717) is 24.7 Å². The quantitative estimate of drug-likeness (QED) is 0.280. The van der Waals surface area contributed by atoms with E-state index in [2.05, 4.69) is 77.8 Å². The van der Waals surface area contributed by atoms with E-state index in [1.807, 2.05) is 12.1 Å². The van der Waals surface area contributed by atoms with Crippen molar-refractivity contribution in [2.24, 2.45) is 0 Å². The molecule has 0 bridgehead atoms. The maximum atomic E-state index is 11.8. The molecular formula is C27H36O3Si. The first-order chi connectivity index (χ1) is 14.4. The summed E-state index contributed by atoms with van der Waals surface area (Å²) in [6, 6.07) is 13.6. The van der Waals surface area contributed by atoms with Gasteiger partial charge in [-0.1, -0.05) is 52.5 Å². The minimum Gasteiger partial charge on any atom is -0.462 e. The molecule has 0 aliphatic rings. The number of rotatable bonds is 6. The molecule has 0 aliphatic carbocycles. The molecular weight excluding hydrogens is 400 g/mol. The summed E-state index contributed by atoms with van der Waals surface area (Å²) < 4.78 is 11.5. The van der Waals surface area contributed by atoms with Crippen LogP contribution in [0.4, 0.5) is 0 Å². The smallest absolute Gasteiger partial charge is 0.338 e. The van der Waals surface area contributed by atoms with Crippen molar-refractivity contribution in [1.29, 1.82) is 0 Å². The Bertz CT molecular complexity index is 955. The van der Waals surface area contributed by atoms with Crippen LogP contribution in [0.25, 0.3) is 0 Å². The van der Waals surface area contributed by atoms with Crippen LogP contribution >= 0.6 is 0 Å². The van der Waals surface area contributed by atoms with Gasteiger partial charge in [0.1, 0.15) is 0 Å². The van der Waals surface area contributed by atoms with E-state index in [4.69, 9.17) is 9.16 Å². The van der Waals surface area contributed by atoms with E-state index in [0.717, 1.165) is 11.1 Å². The minimum absolute atomic E-state index is 0.194. The van der Waals surface area contributed by atoms with Crippen molar-refractivity contribution in [3.8, 4) is 11.8 Å². The van der Waals surface area contributed by atoms with Gasteiger partial charge in [-0.3, -0.25) is 0 Å². The first-order valence-electron chi connectivity index (χ1n) is 11.0. The summed E-state index contributed by atoms with van der Waals surface area (Å²) in [6.45, 7) is 18.6. The molecule has 2 rings (SSSR count). The lowest BCUT2D eigenvalue weighted by molar-refractivity contribution is 0.0526. The van der Waals surface area contributed by atoms with Gasteiger partial charge in [0.05, 0.1) is 18.8 Å². The van der Waals surface area contributed by atoms with Crippen molar-refractivity contribution in [2.45, 2.75) is 72.2 Å². The normalized spacial score (nSPS) is 11.8. The lowest BCUT2D eigenvalue weighted by atomic mass is 9.95. The number of hydrogen-bond acceptors (Lipinski definition) is 3. The third-order valence-corrected chi connectivity index (χ3v) is 10.4. The van der Waals surface area contributed by atoms with Crippen LogP contribution in [-0.4, -0.2) is 20.9 Å². The van der Waals surface area contributed by atoms with Gasteiger partial charge in [0.15, 0.2) is 8.32 Å². The molecule has 0 atom stereocenters. The van der Waals surface area contributed by atoms with Gasteiger partial charge >= 0.3 is 5.97 Å². The highest BCUT2D eigenvalue weighted by molar-refractivity contribution is 6.74. The van der Waals surface area contributed by atoms with Crippen LogP contribution in [0.1, 0.15) is 80.1 Å². The lowest BCUT2D eigenvalue weighted by Gasteiger charge is -2.36. The van der Waals surface area contributed by atoms with Crippen molar-refractivity contribution in [3.63, 3.8) is 0 Å². The van der Waals surface area contributed by atoms with Gasteiger partial charge in [0.25, 0.3) is 0 Å². The highest BCUT2D eigenvalue weighted by Gasteiger charge is 2.37. The van der Waals surface area contributed by atoms with E-state index in [1.54, 1.807) is 19.1 Å². The molecule has 166 valence electrons. The zero-order valence-electron chi connectivity index (χ0n) is 20.3. The summed E-state index contributed by atoms with van der Waals surface area (Å²) in [5.41, 5.74) is 4.91. The van der Waals surface area contributed by atoms with Gasteiger partial charge in [-0.25, -0.2) is 4.79 Å². The Balaban J connectivity index is 2.19. The Morgan fingerprint density at radius 1 is 1.00 bits per heavy atom. The molecule has 0 aromatic heterocycles. The molecule has 2 aromatic carbocycles. The standard InChI is InChI=1S/C27H36O3Si/c1-9-29-26(28)23-15-12-21(13-16-23)10-11-22-14-17-24(25(18-22)20(2)3)19-30-31(7,8)27(4,5)6/h12-18,20H,9,19H2,1-8H3. The van der Waals surface area contributed by atoms with Gasteiger partial charge in [-0.15, -0.1) is 0 Å². The number of hydrogen-bond donors (Lipinski definition) is 0. The molecule has 3 nitrogen and oxygen atoms in total. The maximum Gasteiger partial charge on any atom is 0.338 e. The fourth-order valence-electron chi connectivity index (χ4n) is 2.86. The molecule has 0 heterocycles. The molecule has 0 saturated carbocycles. The molecule has 2 aromatic rings. The van der Waals surface area contributed by atoms with Crippen LogP contribution < -0.4 is 0 Å². The average Bonchev–Trinajstić information content (AvgIpc) is 2.70. The molecule has 0 radical (unpaired) electrons. The molecule has 0 amide bonds. The van der Waals surface area contributed by atoms with Gasteiger partial charge in [-0.05, 0) is 78.5 Å². The molecule has 0 aliphatic heterocycles. The molecule has 0 saturated heterocycles. The summed E-state index contributed by atoms with van der Waals surface area (Å²) in [5, 5.41) is 0.194. The topological polar surface area (TPSA) is 35.5 Å². The maximum absolute atomic E-state index is 11.8. The Labute approximate surface area is 189 Å². The largest absolute Gasteiger partial charge is 0.462 e. The van der Waals surface area contributed by atoms with E-state index in [-0.39, 0.29) is 11.0 Å². The van der Waals surface area contributed by atoms with Crippen LogP contribution in [0.2, 0.25) is 18.1 Å². The number of carbonyl (C=O) groups excluding carboxylic acids is 1. The fourth-order valence-corrected chi connectivity index (χ4v) is 3.81. The van der Waals surface area contributed by atoms with Crippen LogP contribution in [0.5, 0.6) is 0 Å². The number of benzene rings is 2. The van der Waals surface area contributed by atoms with E-state index >= 15 is 0 Å². The van der Waals surface area contributed by atoms with Crippen molar-refractivity contribution in [2.75, 3.05) is 6.61 Å². The predicted molar refractivity (Wildman–Crippen MR) is 131 cm³/mol. The lowest BCUT2D eigenvalue weighted by Crippen LogP contribution is -2.40. The van der Waals surface area contributed by atoms with Crippen molar-refractivity contribution >= 4 is 14.3 Å². The summed E-state index contributed by atoms with van der Waals surface area (Å²) in [5.74, 6) is 6.54.